The van der Waals surface area contributed by atoms with Crippen LogP contribution >= 0.6 is 23.4 Å². The van der Waals surface area contributed by atoms with E-state index in [1.165, 1.54) is 0 Å². The topological polar surface area (TPSA) is 26.3 Å². The zero-order valence-corrected chi connectivity index (χ0v) is 12.0. The molecular formula is C15H13ClO2S. The highest BCUT2D eigenvalue weighted by Crippen LogP contribution is 2.27. The Hall–Kier alpha value is -1.45. The van der Waals surface area contributed by atoms with Crippen LogP contribution in [0.2, 0.25) is 5.02 Å². The highest BCUT2D eigenvalue weighted by Gasteiger charge is 2.11. The van der Waals surface area contributed by atoms with Crippen molar-refractivity contribution >= 4 is 29.1 Å². The third-order valence-corrected chi connectivity index (χ3v) is 3.71. The summed E-state index contributed by atoms with van der Waals surface area (Å²) in [6.07, 6.45) is 1.97. The number of hydrogen-bond donors (Lipinski definition) is 0. The van der Waals surface area contributed by atoms with Crippen molar-refractivity contribution in [3.63, 3.8) is 0 Å². The van der Waals surface area contributed by atoms with Gasteiger partial charge in [0.1, 0.15) is 5.75 Å². The minimum Gasteiger partial charge on any atom is -0.484 e. The van der Waals surface area contributed by atoms with Crippen LogP contribution in [-0.2, 0) is 0 Å². The highest BCUT2D eigenvalue weighted by molar-refractivity contribution is 7.98. The van der Waals surface area contributed by atoms with Crippen molar-refractivity contribution in [3.05, 3.63) is 59.1 Å². The number of halogens is 1. The smallest absolute Gasteiger partial charge is 0.201 e. The standard InChI is InChI=1S/C15H13ClO2S/c1-19-15-9-5-4-8-14(15)18-10-13(17)11-6-2-3-7-12(11)16/h2-9H,10H2,1H3. The van der Waals surface area contributed by atoms with Crippen LogP contribution in [0.3, 0.4) is 0 Å². The largest absolute Gasteiger partial charge is 0.484 e. The van der Waals surface area contributed by atoms with Gasteiger partial charge in [-0.15, -0.1) is 11.8 Å². The second-order valence-electron chi connectivity index (χ2n) is 3.84. The van der Waals surface area contributed by atoms with E-state index in [0.29, 0.717) is 10.6 Å². The van der Waals surface area contributed by atoms with Crippen LogP contribution in [0, 0.1) is 0 Å². The third-order valence-electron chi connectivity index (χ3n) is 2.60. The Kier molecular flexibility index (Phi) is 4.88. The molecule has 2 rings (SSSR count). The second kappa shape index (κ2) is 6.64. The van der Waals surface area contributed by atoms with E-state index in [1.807, 2.05) is 30.5 Å². The van der Waals surface area contributed by atoms with E-state index in [2.05, 4.69) is 0 Å². The van der Waals surface area contributed by atoms with Crippen molar-refractivity contribution < 1.29 is 9.53 Å². The van der Waals surface area contributed by atoms with Gasteiger partial charge in [0.15, 0.2) is 6.61 Å². The van der Waals surface area contributed by atoms with Gasteiger partial charge in [-0.25, -0.2) is 0 Å². The van der Waals surface area contributed by atoms with Crippen molar-refractivity contribution in [1.29, 1.82) is 0 Å². The Balaban J connectivity index is 2.07. The van der Waals surface area contributed by atoms with E-state index < -0.39 is 0 Å². The average Bonchev–Trinajstić information content (AvgIpc) is 2.45. The van der Waals surface area contributed by atoms with Crippen molar-refractivity contribution in [2.45, 2.75) is 4.90 Å². The Morgan fingerprint density at radius 1 is 1.16 bits per heavy atom. The summed E-state index contributed by atoms with van der Waals surface area (Å²) in [6.45, 7) is -0.0126. The van der Waals surface area contributed by atoms with Gasteiger partial charge >= 0.3 is 0 Å². The zero-order chi connectivity index (χ0) is 13.7. The van der Waals surface area contributed by atoms with Gasteiger partial charge in [-0.3, -0.25) is 4.79 Å². The van der Waals surface area contributed by atoms with Crippen LogP contribution in [0.4, 0.5) is 0 Å². The SMILES string of the molecule is CSc1ccccc1OCC(=O)c1ccccc1Cl. The molecule has 0 heterocycles. The number of carbonyl (C=O) groups is 1. The monoisotopic (exact) mass is 292 g/mol. The van der Waals surface area contributed by atoms with Gasteiger partial charge in [0.2, 0.25) is 5.78 Å². The first-order valence-corrected chi connectivity index (χ1v) is 7.36. The highest BCUT2D eigenvalue weighted by atomic mass is 35.5. The van der Waals surface area contributed by atoms with Gasteiger partial charge in [-0.05, 0) is 30.5 Å². The molecule has 2 nitrogen and oxygen atoms in total. The summed E-state index contributed by atoms with van der Waals surface area (Å²) >= 11 is 7.56. The van der Waals surface area contributed by atoms with E-state index >= 15 is 0 Å². The lowest BCUT2D eigenvalue weighted by Crippen LogP contribution is -2.12. The van der Waals surface area contributed by atoms with E-state index in [1.54, 1.807) is 36.0 Å². The second-order valence-corrected chi connectivity index (χ2v) is 5.10. The van der Waals surface area contributed by atoms with Crippen molar-refractivity contribution in [2.75, 3.05) is 12.9 Å². The van der Waals surface area contributed by atoms with Crippen LogP contribution in [0.5, 0.6) is 5.75 Å². The minimum atomic E-state index is -0.124. The Morgan fingerprint density at radius 3 is 2.58 bits per heavy atom. The predicted octanol–water partition coefficient (Wildman–Crippen LogP) is 4.32. The molecular weight excluding hydrogens is 280 g/mol. The first-order chi connectivity index (χ1) is 9.22. The minimum absolute atomic E-state index is 0.0126. The summed E-state index contributed by atoms with van der Waals surface area (Å²) in [5.74, 6) is 0.594. The summed E-state index contributed by atoms with van der Waals surface area (Å²) in [4.78, 5) is 13.0. The molecule has 2 aromatic carbocycles. The molecule has 0 aromatic heterocycles. The molecule has 0 atom stereocenters. The molecule has 2 aromatic rings. The lowest BCUT2D eigenvalue weighted by molar-refractivity contribution is 0.0919. The molecule has 0 N–H and O–H groups in total. The van der Waals surface area contributed by atoms with Crippen LogP contribution in [0.25, 0.3) is 0 Å². The molecule has 0 aliphatic carbocycles. The fourth-order valence-corrected chi connectivity index (χ4v) is 2.43. The number of benzene rings is 2. The van der Waals surface area contributed by atoms with Crippen LogP contribution in [0.1, 0.15) is 10.4 Å². The van der Waals surface area contributed by atoms with Crippen molar-refractivity contribution in [2.24, 2.45) is 0 Å². The average molecular weight is 293 g/mol. The molecule has 0 fully saturated rings. The van der Waals surface area contributed by atoms with Gasteiger partial charge in [0.05, 0.1) is 5.02 Å². The number of hydrogen-bond acceptors (Lipinski definition) is 3. The van der Waals surface area contributed by atoms with Gasteiger partial charge in [0.25, 0.3) is 0 Å². The molecule has 0 amide bonds. The molecule has 0 radical (unpaired) electrons. The first-order valence-electron chi connectivity index (χ1n) is 5.76. The molecule has 98 valence electrons. The van der Waals surface area contributed by atoms with Gasteiger partial charge in [-0.2, -0.15) is 0 Å². The maximum absolute atomic E-state index is 12.0. The summed E-state index contributed by atoms with van der Waals surface area (Å²) in [6, 6.07) is 14.6. The Labute approximate surface area is 121 Å². The maximum atomic E-state index is 12.0. The Morgan fingerprint density at radius 2 is 1.84 bits per heavy atom. The molecule has 0 saturated carbocycles. The zero-order valence-electron chi connectivity index (χ0n) is 10.4. The maximum Gasteiger partial charge on any atom is 0.201 e. The number of thioether (sulfide) groups is 1. The quantitative estimate of drug-likeness (QED) is 0.606. The third kappa shape index (κ3) is 3.52. The molecule has 0 aliphatic heterocycles. The summed E-state index contributed by atoms with van der Waals surface area (Å²) in [5, 5.41) is 0.453. The molecule has 4 heteroatoms. The number of Topliss-reactive ketones (excluding diaryl/α,β-unsaturated/α-hetero) is 1. The van der Waals surface area contributed by atoms with Gasteiger partial charge in [-0.1, -0.05) is 35.9 Å². The van der Waals surface area contributed by atoms with Gasteiger partial charge < -0.3 is 4.74 Å². The van der Waals surface area contributed by atoms with E-state index in [4.69, 9.17) is 16.3 Å². The van der Waals surface area contributed by atoms with Gasteiger partial charge in [0, 0.05) is 10.5 Å². The number of ether oxygens (including phenoxy) is 1. The molecule has 0 unspecified atom stereocenters. The Bertz CT molecular complexity index is 584. The lowest BCUT2D eigenvalue weighted by Gasteiger charge is -2.09. The molecule has 0 spiro atoms. The molecule has 0 saturated heterocycles. The number of rotatable bonds is 5. The number of ketones is 1. The number of para-hydroxylation sites is 1. The molecule has 0 aliphatic rings. The summed E-state index contributed by atoms with van der Waals surface area (Å²) in [7, 11) is 0. The first kappa shape index (κ1) is 14.0. The summed E-state index contributed by atoms with van der Waals surface area (Å²) < 4.78 is 5.57. The molecule has 19 heavy (non-hydrogen) atoms. The number of carbonyl (C=O) groups excluding carboxylic acids is 1. The van der Waals surface area contributed by atoms with Crippen LogP contribution in [0.15, 0.2) is 53.4 Å². The fourth-order valence-electron chi connectivity index (χ4n) is 1.65. The molecule has 0 bridgehead atoms. The van der Waals surface area contributed by atoms with Crippen LogP contribution in [-0.4, -0.2) is 18.6 Å². The predicted molar refractivity (Wildman–Crippen MR) is 79.5 cm³/mol. The van der Waals surface area contributed by atoms with Crippen LogP contribution < -0.4 is 4.74 Å². The normalized spacial score (nSPS) is 10.2. The van der Waals surface area contributed by atoms with E-state index in [0.717, 1.165) is 10.6 Å². The van der Waals surface area contributed by atoms with E-state index in [-0.39, 0.29) is 12.4 Å². The van der Waals surface area contributed by atoms with Crippen molar-refractivity contribution in [1.82, 2.24) is 0 Å². The van der Waals surface area contributed by atoms with E-state index in [9.17, 15) is 4.79 Å². The fraction of sp³-hybridized carbons (Fsp3) is 0.133. The summed E-state index contributed by atoms with van der Waals surface area (Å²) in [5.41, 5.74) is 0.491. The lowest BCUT2D eigenvalue weighted by atomic mass is 10.1. The van der Waals surface area contributed by atoms with Crippen molar-refractivity contribution in [3.8, 4) is 5.75 Å².